The van der Waals surface area contributed by atoms with Crippen molar-refractivity contribution in [2.45, 2.75) is 13.8 Å². The summed E-state index contributed by atoms with van der Waals surface area (Å²) in [5.41, 5.74) is 0.475. The summed E-state index contributed by atoms with van der Waals surface area (Å²) in [5, 5.41) is 4.88. The van der Waals surface area contributed by atoms with Crippen molar-refractivity contribution in [3.63, 3.8) is 0 Å². The topological polar surface area (TPSA) is 65.7 Å². The molecule has 0 aliphatic carbocycles. The van der Waals surface area contributed by atoms with Crippen LogP contribution in [0.4, 0.5) is 0 Å². The molecule has 1 aromatic heterocycles. The van der Waals surface area contributed by atoms with Crippen LogP contribution in [0.15, 0.2) is 4.79 Å². The fourth-order valence-corrected chi connectivity index (χ4v) is 0.870. The number of carbonyl (C=O) groups excluding carboxylic acids is 1. The maximum Gasteiger partial charge on any atom is 0.275 e. The summed E-state index contributed by atoms with van der Waals surface area (Å²) < 4.78 is 0. The SMILES string of the molecule is CC(=O)c1c(C)[nH][nH]c1=O. The molecular weight excluding hydrogens is 132 g/mol. The minimum Gasteiger partial charge on any atom is -0.302 e. The van der Waals surface area contributed by atoms with Crippen molar-refractivity contribution >= 4 is 5.78 Å². The van der Waals surface area contributed by atoms with E-state index in [0.717, 1.165) is 0 Å². The average Bonchev–Trinajstić information content (AvgIpc) is 2.11. The normalized spacial score (nSPS) is 9.80. The van der Waals surface area contributed by atoms with Gasteiger partial charge in [-0.15, -0.1) is 0 Å². The number of rotatable bonds is 1. The number of aromatic amines is 2. The van der Waals surface area contributed by atoms with E-state index in [2.05, 4.69) is 10.2 Å². The van der Waals surface area contributed by atoms with Gasteiger partial charge in [-0.05, 0) is 13.8 Å². The first-order chi connectivity index (χ1) is 4.63. The Bertz CT molecular complexity index is 308. The summed E-state index contributed by atoms with van der Waals surface area (Å²) in [6.45, 7) is 3.04. The van der Waals surface area contributed by atoms with Crippen LogP contribution in [0.5, 0.6) is 0 Å². The first-order valence-corrected chi connectivity index (χ1v) is 2.91. The van der Waals surface area contributed by atoms with Crippen LogP contribution < -0.4 is 5.56 Å². The minimum absolute atomic E-state index is 0.208. The van der Waals surface area contributed by atoms with Crippen molar-refractivity contribution in [2.24, 2.45) is 0 Å². The third-order valence-corrected chi connectivity index (χ3v) is 1.32. The number of aromatic nitrogens is 2. The maximum absolute atomic E-state index is 10.8. The number of H-pyrrole nitrogens is 2. The van der Waals surface area contributed by atoms with Gasteiger partial charge in [0.05, 0.1) is 0 Å². The summed E-state index contributed by atoms with van der Waals surface area (Å²) in [5.74, 6) is -0.208. The molecule has 1 aromatic rings. The van der Waals surface area contributed by atoms with E-state index in [1.54, 1.807) is 6.92 Å². The minimum atomic E-state index is -0.343. The summed E-state index contributed by atoms with van der Waals surface area (Å²) in [7, 11) is 0. The fourth-order valence-electron chi connectivity index (χ4n) is 0.870. The van der Waals surface area contributed by atoms with E-state index < -0.39 is 0 Å². The molecule has 4 heteroatoms. The van der Waals surface area contributed by atoms with Gasteiger partial charge in [-0.25, -0.2) is 0 Å². The van der Waals surface area contributed by atoms with Crippen LogP contribution in [0.2, 0.25) is 0 Å². The maximum atomic E-state index is 10.8. The molecule has 2 N–H and O–H groups in total. The zero-order valence-electron chi connectivity index (χ0n) is 5.82. The Hall–Kier alpha value is -1.32. The zero-order chi connectivity index (χ0) is 7.72. The molecular formula is C6H8N2O2. The molecule has 0 aromatic carbocycles. The van der Waals surface area contributed by atoms with Gasteiger partial charge < -0.3 is 5.10 Å². The molecule has 0 aliphatic rings. The van der Waals surface area contributed by atoms with Crippen LogP contribution in [0.1, 0.15) is 23.0 Å². The molecule has 4 nitrogen and oxygen atoms in total. The van der Waals surface area contributed by atoms with Crippen LogP contribution in [-0.2, 0) is 0 Å². The number of ketones is 1. The Labute approximate surface area is 57.2 Å². The Morgan fingerprint density at radius 3 is 2.20 bits per heavy atom. The highest BCUT2D eigenvalue weighted by Crippen LogP contribution is 1.96. The lowest BCUT2D eigenvalue weighted by Gasteiger charge is -1.85. The molecule has 54 valence electrons. The van der Waals surface area contributed by atoms with E-state index in [9.17, 15) is 9.59 Å². The Morgan fingerprint density at radius 1 is 1.40 bits per heavy atom. The van der Waals surface area contributed by atoms with Crippen molar-refractivity contribution in [1.29, 1.82) is 0 Å². The van der Waals surface area contributed by atoms with Gasteiger partial charge in [-0.3, -0.25) is 14.7 Å². The second-order valence-corrected chi connectivity index (χ2v) is 2.14. The Kier molecular flexibility index (Phi) is 1.45. The van der Waals surface area contributed by atoms with Gasteiger partial charge >= 0.3 is 0 Å². The second kappa shape index (κ2) is 2.13. The third-order valence-electron chi connectivity index (χ3n) is 1.32. The molecule has 0 saturated carbocycles. The van der Waals surface area contributed by atoms with E-state index in [0.29, 0.717) is 5.69 Å². The second-order valence-electron chi connectivity index (χ2n) is 2.14. The molecule has 1 rings (SSSR count). The number of carbonyl (C=O) groups is 1. The van der Waals surface area contributed by atoms with Gasteiger partial charge in [0.25, 0.3) is 5.56 Å². The third kappa shape index (κ3) is 0.877. The summed E-state index contributed by atoms with van der Waals surface area (Å²) in [6, 6.07) is 0. The number of nitrogens with one attached hydrogen (secondary N) is 2. The summed E-state index contributed by atoms with van der Waals surface area (Å²) >= 11 is 0. The summed E-state index contributed by atoms with van der Waals surface area (Å²) in [6.07, 6.45) is 0. The highest BCUT2D eigenvalue weighted by Gasteiger charge is 2.09. The van der Waals surface area contributed by atoms with Crippen LogP contribution in [0, 0.1) is 6.92 Å². The molecule has 0 unspecified atom stereocenters. The highest BCUT2D eigenvalue weighted by molar-refractivity contribution is 5.94. The van der Waals surface area contributed by atoms with Gasteiger partial charge in [-0.1, -0.05) is 0 Å². The average molecular weight is 140 g/mol. The van der Waals surface area contributed by atoms with Gasteiger partial charge in [0, 0.05) is 5.69 Å². The quantitative estimate of drug-likeness (QED) is 0.548. The predicted octanol–water partition coefficient (Wildman–Crippen LogP) is 0.214. The Morgan fingerprint density at radius 2 is 2.00 bits per heavy atom. The molecule has 0 spiro atoms. The molecule has 0 aliphatic heterocycles. The van der Waals surface area contributed by atoms with Crippen molar-refractivity contribution in [1.82, 2.24) is 10.2 Å². The van der Waals surface area contributed by atoms with Crippen LogP contribution in [0.3, 0.4) is 0 Å². The predicted molar refractivity (Wildman–Crippen MR) is 36.2 cm³/mol. The molecule has 0 fully saturated rings. The number of hydrogen-bond donors (Lipinski definition) is 2. The van der Waals surface area contributed by atoms with Crippen LogP contribution in [-0.4, -0.2) is 16.0 Å². The van der Waals surface area contributed by atoms with E-state index >= 15 is 0 Å². The van der Waals surface area contributed by atoms with Gasteiger partial charge in [0.1, 0.15) is 5.56 Å². The van der Waals surface area contributed by atoms with Gasteiger partial charge in [0.15, 0.2) is 5.78 Å². The van der Waals surface area contributed by atoms with E-state index in [-0.39, 0.29) is 16.9 Å². The standard InChI is InChI=1S/C6H8N2O2/c1-3-5(4(2)9)6(10)8-7-3/h1-2H3,(H2,7,8,10). The first-order valence-electron chi connectivity index (χ1n) is 2.91. The monoisotopic (exact) mass is 140 g/mol. The van der Waals surface area contributed by atoms with Crippen molar-refractivity contribution in [2.75, 3.05) is 0 Å². The molecule has 0 saturated heterocycles. The first kappa shape index (κ1) is 6.80. The smallest absolute Gasteiger partial charge is 0.275 e. The van der Waals surface area contributed by atoms with Crippen LogP contribution >= 0.6 is 0 Å². The van der Waals surface area contributed by atoms with Gasteiger partial charge in [0.2, 0.25) is 0 Å². The zero-order valence-corrected chi connectivity index (χ0v) is 5.82. The molecule has 0 amide bonds. The fraction of sp³-hybridized carbons (Fsp3) is 0.333. The largest absolute Gasteiger partial charge is 0.302 e. The van der Waals surface area contributed by atoms with Crippen molar-refractivity contribution < 1.29 is 4.79 Å². The number of aryl methyl sites for hydroxylation is 1. The van der Waals surface area contributed by atoms with E-state index in [1.807, 2.05) is 0 Å². The van der Waals surface area contributed by atoms with Gasteiger partial charge in [-0.2, -0.15) is 0 Å². The number of hydrogen-bond acceptors (Lipinski definition) is 2. The van der Waals surface area contributed by atoms with Crippen molar-refractivity contribution in [3.05, 3.63) is 21.6 Å². The Balaban J connectivity index is 3.37. The highest BCUT2D eigenvalue weighted by atomic mass is 16.1. The molecule has 10 heavy (non-hydrogen) atoms. The van der Waals surface area contributed by atoms with E-state index in [4.69, 9.17) is 0 Å². The molecule has 0 radical (unpaired) electrons. The van der Waals surface area contributed by atoms with Crippen molar-refractivity contribution in [3.8, 4) is 0 Å². The number of Topliss-reactive ketones (excluding diaryl/α,β-unsaturated/α-hetero) is 1. The lowest BCUT2D eigenvalue weighted by Crippen LogP contribution is -2.10. The lowest BCUT2D eigenvalue weighted by atomic mass is 10.2. The lowest BCUT2D eigenvalue weighted by molar-refractivity contribution is 0.101. The summed E-state index contributed by atoms with van der Waals surface area (Å²) in [4.78, 5) is 21.5. The molecule has 1 heterocycles. The van der Waals surface area contributed by atoms with Crippen LogP contribution in [0.25, 0.3) is 0 Å². The van der Waals surface area contributed by atoms with E-state index in [1.165, 1.54) is 6.92 Å². The molecule has 0 atom stereocenters. The molecule has 0 bridgehead atoms.